The fraction of sp³-hybridized carbons (Fsp3) is 0.278. The van der Waals surface area contributed by atoms with Crippen molar-refractivity contribution in [1.29, 1.82) is 0 Å². The van der Waals surface area contributed by atoms with E-state index in [1.165, 1.54) is 0 Å². The average Bonchev–Trinajstić information content (AvgIpc) is 2.54. The summed E-state index contributed by atoms with van der Waals surface area (Å²) in [5.74, 6) is 0.190. The van der Waals surface area contributed by atoms with Gasteiger partial charge in [-0.05, 0) is 36.7 Å². The number of likely N-dealkylation sites (N-methyl/N-ethyl adjacent to an activating group) is 1. The summed E-state index contributed by atoms with van der Waals surface area (Å²) >= 11 is 0. The maximum atomic E-state index is 11.9. The Kier molecular flexibility index (Phi) is 6.13. The van der Waals surface area contributed by atoms with Crippen LogP contribution in [-0.4, -0.2) is 24.7 Å². The minimum atomic E-state index is -0.618. The van der Waals surface area contributed by atoms with E-state index in [2.05, 4.69) is 5.32 Å². The van der Waals surface area contributed by atoms with Crippen molar-refractivity contribution in [2.75, 3.05) is 13.6 Å². The van der Waals surface area contributed by atoms with Crippen molar-refractivity contribution >= 4 is 5.97 Å². The van der Waals surface area contributed by atoms with E-state index in [4.69, 9.17) is 4.74 Å². The van der Waals surface area contributed by atoms with Gasteiger partial charge in [0, 0.05) is 13.0 Å². The van der Waals surface area contributed by atoms with E-state index in [-0.39, 0.29) is 5.97 Å². The molecule has 22 heavy (non-hydrogen) atoms. The highest BCUT2D eigenvalue weighted by Gasteiger charge is 2.10. The highest BCUT2D eigenvalue weighted by molar-refractivity contribution is 5.72. The molecule has 2 N–H and O–H groups in total. The smallest absolute Gasteiger partial charge is 0.311 e. The molecule has 116 valence electrons. The number of carbonyl (C=O) groups is 1. The van der Waals surface area contributed by atoms with Crippen molar-refractivity contribution in [1.82, 2.24) is 5.32 Å². The third-order valence-electron chi connectivity index (χ3n) is 3.33. The number of rotatable bonds is 7. The van der Waals surface area contributed by atoms with Crippen LogP contribution >= 0.6 is 0 Å². The standard InChI is InChI=1S/C18H21NO3/c1-19-13-17(20)15-8-5-9-16(12-15)22-18(21)11-10-14-6-3-2-4-7-14/h2-9,12,17,19-20H,10-11,13H2,1H3/t17-/m0/s1. The van der Waals surface area contributed by atoms with Crippen LogP contribution in [0.25, 0.3) is 0 Å². The molecule has 0 amide bonds. The van der Waals surface area contributed by atoms with Gasteiger partial charge in [-0.2, -0.15) is 0 Å². The first-order valence-corrected chi connectivity index (χ1v) is 7.36. The van der Waals surface area contributed by atoms with Gasteiger partial charge in [-0.25, -0.2) is 0 Å². The fourth-order valence-corrected chi connectivity index (χ4v) is 2.17. The zero-order valence-corrected chi connectivity index (χ0v) is 12.7. The first kappa shape index (κ1) is 16.2. The molecule has 1 atom stereocenters. The predicted octanol–water partition coefficient (Wildman–Crippen LogP) is 2.48. The van der Waals surface area contributed by atoms with E-state index in [0.29, 0.717) is 25.1 Å². The minimum absolute atomic E-state index is 0.274. The first-order valence-electron chi connectivity index (χ1n) is 7.36. The third kappa shape index (κ3) is 4.98. The first-order chi connectivity index (χ1) is 10.7. The van der Waals surface area contributed by atoms with Gasteiger partial charge < -0.3 is 15.2 Å². The van der Waals surface area contributed by atoms with Crippen LogP contribution < -0.4 is 10.1 Å². The van der Waals surface area contributed by atoms with Gasteiger partial charge in [0.25, 0.3) is 0 Å². The summed E-state index contributed by atoms with van der Waals surface area (Å²) < 4.78 is 5.33. The Labute approximate surface area is 130 Å². The molecule has 0 spiro atoms. The van der Waals surface area contributed by atoms with Crippen LogP contribution in [0.15, 0.2) is 54.6 Å². The van der Waals surface area contributed by atoms with Crippen LogP contribution in [0.4, 0.5) is 0 Å². The summed E-state index contributed by atoms with van der Waals surface area (Å²) in [5, 5.41) is 12.8. The second-order valence-electron chi connectivity index (χ2n) is 5.11. The van der Waals surface area contributed by atoms with Gasteiger partial charge in [-0.1, -0.05) is 42.5 Å². The molecular weight excluding hydrogens is 278 g/mol. The predicted molar refractivity (Wildman–Crippen MR) is 85.7 cm³/mol. The summed E-state index contributed by atoms with van der Waals surface area (Å²) in [4.78, 5) is 11.9. The maximum absolute atomic E-state index is 11.9. The van der Waals surface area contributed by atoms with Crippen molar-refractivity contribution in [2.45, 2.75) is 18.9 Å². The molecule has 0 saturated heterocycles. The molecule has 0 fully saturated rings. The number of ether oxygens (including phenoxy) is 1. The van der Waals surface area contributed by atoms with Crippen molar-refractivity contribution in [3.8, 4) is 5.75 Å². The van der Waals surface area contributed by atoms with Crippen molar-refractivity contribution in [3.63, 3.8) is 0 Å². The fourth-order valence-electron chi connectivity index (χ4n) is 2.17. The Bertz CT molecular complexity index is 598. The largest absolute Gasteiger partial charge is 0.427 e. The number of nitrogens with one attached hydrogen (secondary N) is 1. The second-order valence-corrected chi connectivity index (χ2v) is 5.11. The Balaban J connectivity index is 1.90. The summed E-state index contributed by atoms with van der Waals surface area (Å²) in [6.07, 6.45) is 0.364. The van der Waals surface area contributed by atoms with Gasteiger partial charge in [-0.3, -0.25) is 4.79 Å². The van der Waals surface area contributed by atoms with Gasteiger partial charge >= 0.3 is 5.97 Å². The molecule has 0 radical (unpaired) electrons. The van der Waals surface area contributed by atoms with E-state index in [0.717, 1.165) is 11.1 Å². The zero-order chi connectivity index (χ0) is 15.8. The molecule has 4 heteroatoms. The van der Waals surface area contributed by atoms with Gasteiger partial charge in [0.15, 0.2) is 0 Å². The highest BCUT2D eigenvalue weighted by Crippen LogP contribution is 2.19. The topological polar surface area (TPSA) is 58.6 Å². The molecule has 0 heterocycles. The lowest BCUT2D eigenvalue weighted by Gasteiger charge is -2.11. The number of esters is 1. The molecular formula is C18H21NO3. The van der Waals surface area contributed by atoms with Gasteiger partial charge in [0.1, 0.15) is 5.75 Å². The molecule has 2 rings (SSSR count). The number of benzene rings is 2. The highest BCUT2D eigenvalue weighted by atomic mass is 16.5. The SMILES string of the molecule is CNC[C@H](O)c1cccc(OC(=O)CCc2ccccc2)c1. The number of hydrogen-bond acceptors (Lipinski definition) is 4. The number of carbonyl (C=O) groups excluding carboxylic acids is 1. The molecule has 0 aliphatic rings. The van der Waals surface area contributed by atoms with Crippen LogP contribution in [0.2, 0.25) is 0 Å². The molecule has 0 aromatic heterocycles. The molecule has 4 nitrogen and oxygen atoms in total. The molecule has 0 unspecified atom stereocenters. The minimum Gasteiger partial charge on any atom is -0.427 e. The Morgan fingerprint density at radius 2 is 1.95 bits per heavy atom. The van der Waals surface area contributed by atoms with E-state index in [9.17, 15) is 9.90 Å². The Morgan fingerprint density at radius 1 is 1.18 bits per heavy atom. The van der Waals surface area contributed by atoms with Crippen LogP contribution in [0.1, 0.15) is 23.7 Å². The zero-order valence-electron chi connectivity index (χ0n) is 12.7. The van der Waals surface area contributed by atoms with Crippen LogP contribution in [0.5, 0.6) is 5.75 Å². The second kappa shape index (κ2) is 8.32. The van der Waals surface area contributed by atoms with Gasteiger partial charge in [-0.15, -0.1) is 0 Å². The van der Waals surface area contributed by atoms with Crippen LogP contribution in [0, 0.1) is 0 Å². The number of hydrogen-bond donors (Lipinski definition) is 2. The van der Waals surface area contributed by atoms with E-state index in [1.807, 2.05) is 36.4 Å². The van der Waals surface area contributed by atoms with Crippen molar-refractivity contribution in [3.05, 3.63) is 65.7 Å². The van der Waals surface area contributed by atoms with Crippen LogP contribution in [0.3, 0.4) is 0 Å². The maximum Gasteiger partial charge on any atom is 0.311 e. The molecule has 0 aliphatic carbocycles. The normalized spacial score (nSPS) is 11.9. The summed E-state index contributed by atoms with van der Waals surface area (Å²) in [5.41, 5.74) is 1.83. The molecule has 0 aliphatic heterocycles. The number of aliphatic hydroxyl groups is 1. The Hall–Kier alpha value is -2.17. The Morgan fingerprint density at radius 3 is 2.68 bits per heavy atom. The quantitative estimate of drug-likeness (QED) is 0.609. The van der Waals surface area contributed by atoms with Crippen molar-refractivity contribution < 1.29 is 14.6 Å². The average molecular weight is 299 g/mol. The number of aliphatic hydroxyl groups excluding tert-OH is 1. The lowest BCUT2D eigenvalue weighted by Crippen LogP contribution is -2.16. The lowest BCUT2D eigenvalue weighted by atomic mass is 10.1. The van der Waals surface area contributed by atoms with Crippen molar-refractivity contribution in [2.24, 2.45) is 0 Å². The lowest BCUT2D eigenvalue weighted by molar-refractivity contribution is -0.134. The molecule has 0 saturated carbocycles. The van der Waals surface area contributed by atoms with Gasteiger partial charge in [0.05, 0.1) is 6.10 Å². The molecule has 0 bridgehead atoms. The third-order valence-corrected chi connectivity index (χ3v) is 3.33. The summed E-state index contributed by atoms with van der Waals surface area (Å²) in [6.45, 7) is 0.450. The number of aryl methyl sites for hydroxylation is 1. The summed E-state index contributed by atoms with van der Waals surface area (Å²) in [7, 11) is 1.77. The molecule has 2 aromatic carbocycles. The van der Waals surface area contributed by atoms with Crippen LogP contribution in [-0.2, 0) is 11.2 Å². The molecule has 2 aromatic rings. The van der Waals surface area contributed by atoms with E-state index < -0.39 is 6.10 Å². The van der Waals surface area contributed by atoms with E-state index in [1.54, 1.807) is 25.2 Å². The summed E-state index contributed by atoms with van der Waals surface area (Å²) in [6, 6.07) is 16.8. The monoisotopic (exact) mass is 299 g/mol. The van der Waals surface area contributed by atoms with Gasteiger partial charge in [0.2, 0.25) is 0 Å². The van der Waals surface area contributed by atoms with E-state index >= 15 is 0 Å².